The molecule has 0 amide bonds. The molecule has 0 aliphatic carbocycles. The standard InChI is InChI=1S/C7H9N3O2S2/c1-14(11,12)10-7-9-5-6(13-7)3-2-4-8/h5H,4,8H2,1H3,(H,9,10). The largest absolute Gasteiger partial charge is 0.320 e. The molecule has 0 aliphatic rings. The maximum Gasteiger partial charge on any atom is 0.231 e. The van der Waals surface area contributed by atoms with E-state index in [1.165, 1.54) is 17.5 Å². The summed E-state index contributed by atoms with van der Waals surface area (Å²) in [6.07, 6.45) is 2.57. The molecule has 1 heterocycles. The van der Waals surface area contributed by atoms with Crippen LogP contribution in [-0.2, 0) is 10.0 Å². The molecule has 0 bridgehead atoms. The molecule has 0 atom stereocenters. The number of nitrogens with one attached hydrogen (secondary N) is 1. The normalized spacial score (nSPS) is 10.4. The first-order chi connectivity index (χ1) is 6.51. The minimum atomic E-state index is -3.26. The summed E-state index contributed by atoms with van der Waals surface area (Å²) < 4.78 is 23.9. The Bertz CT molecular complexity index is 467. The molecule has 0 saturated carbocycles. The smallest absolute Gasteiger partial charge is 0.231 e. The van der Waals surface area contributed by atoms with Crippen LogP contribution < -0.4 is 10.5 Å². The average Bonchev–Trinajstić information content (AvgIpc) is 2.46. The van der Waals surface area contributed by atoms with Crippen molar-refractivity contribution in [3.63, 3.8) is 0 Å². The lowest BCUT2D eigenvalue weighted by Gasteiger charge is -1.95. The molecule has 3 N–H and O–H groups in total. The molecule has 1 rings (SSSR count). The third kappa shape index (κ3) is 3.74. The van der Waals surface area contributed by atoms with E-state index in [1.807, 2.05) is 0 Å². The maximum absolute atomic E-state index is 10.8. The van der Waals surface area contributed by atoms with Gasteiger partial charge in [0, 0.05) is 0 Å². The summed E-state index contributed by atoms with van der Waals surface area (Å²) in [6, 6.07) is 0. The lowest BCUT2D eigenvalue weighted by Crippen LogP contribution is -2.08. The third-order valence-corrected chi connectivity index (χ3v) is 2.61. The fourth-order valence-corrected chi connectivity index (χ4v) is 2.21. The molecule has 1 aromatic heterocycles. The molecule has 14 heavy (non-hydrogen) atoms. The molecule has 7 heteroatoms. The molecule has 1 aromatic rings. The van der Waals surface area contributed by atoms with Crippen LogP contribution in [-0.4, -0.2) is 26.2 Å². The minimum absolute atomic E-state index is 0.271. The van der Waals surface area contributed by atoms with E-state index in [0.29, 0.717) is 10.0 Å². The highest BCUT2D eigenvalue weighted by molar-refractivity contribution is 7.92. The zero-order valence-electron chi connectivity index (χ0n) is 7.44. The molecular formula is C7H9N3O2S2. The van der Waals surface area contributed by atoms with Crippen LogP contribution in [0.4, 0.5) is 5.13 Å². The summed E-state index contributed by atoms with van der Waals surface area (Å²) in [7, 11) is -3.26. The number of hydrogen-bond donors (Lipinski definition) is 2. The zero-order valence-corrected chi connectivity index (χ0v) is 9.08. The van der Waals surface area contributed by atoms with Gasteiger partial charge in [-0.1, -0.05) is 23.2 Å². The van der Waals surface area contributed by atoms with Crippen LogP contribution in [0.1, 0.15) is 4.88 Å². The summed E-state index contributed by atoms with van der Waals surface area (Å²) >= 11 is 1.17. The van der Waals surface area contributed by atoms with Crippen molar-refractivity contribution in [3.05, 3.63) is 11.1 Å². The Morgan fingerprint density at radius 2 is 2.43 bits per heavy atom. The van der Waals surface area contributed by atoms with E-state index in [-0.39, 0.29) is 6.54 Å². The van der Waals surface area contributed by atoms with Gasteiger partial charge in [0.15, 0.2) is 5.13 Å². The summed E-state index contributed by atoms with van der Waals surface area (Å²) in [5, 5.41) is 0.314. The number of thiazole rings is 1. The van der Waals surface area contributed by atoms with Crippen molar-refractivity contribution < 1.29 is 8.42 Å². The summed E-state index contributed by atoms with van der Waals surface area (Å²) in [5.74, 6) is 5.41. The van der Waals surface area contributed by atoms with Crippen LogP contribution in [0, 0.1) is 11.8 Å². The van der Waals surface area contributed by atoms with E-state index in [0.717, 1.165) is 6.26 Å². The van der Waals surface area contributed by atoms with Crippen LogP contribution in [0.2, 0.25) is 0 Å². The number of anilines is 1. The second kappa shape index (κ2) is 4.41. The fourth-order valence-electron chi connectivity index (χ4n) is 0.676. The maximum atomic E-state index is 10.8. The molecule has 0 unspecified atom stereocenters. The number of sulfonamides is 1. The van der Waals surface area contributed by atoms with Gasteiger partial charge in [0.2, 0.25) is 10.0 Å². The van der Waals surface area contributed by atoms with Gasteiger partial charge in [-0.2, -0.15) is 0 Å². The Morgan fingerprint density at radius 3 is 3.00 bits per heavy atom. The first-order valence-electron chi connectivity index (χ1n) is 3.64. The molecule has 0 saturated heterocycles. The van der Waals surface area contributed by atoms with E-state index < -0.39 is 10.0 Å². The van der Waals surface area contributed by atoms with Gasteiger partial charge in [-0.3, -0.25) is 4.72 Å². The zero-order chi connectivity index (χ0) is 10.6. The number of hydrogen-bond acceptors (Lipinski definition) is 5. The third-order valence-electron chi connectivity index (χ3n) is 1.09. The molecule has 5 nitrogen and oxygen atoms in total. The Morgan fingerprint density at radius 1 is 1.71 bits per heavy atom. The van der Waals surface area contributed by atoms with Crippen LogP contribution in [0.5, 0.6) is 0 Å². The van der Waals surface area contributed by atoms with Crippen LogP contribution in [0.15, 0.2) is 6.20 Å². The van der Waals surface area contributed by atoms with Gasteiger partial charge in [-0.25, -0.2) is 13.4 Å². The number of aromatic nitrogens is 1. The Labute approximate surface area is 86.4 Å². The van der Waals surface area contributed by atoms with Crippen molar-refractivity contribution in [1.82, 2.24) is 4.98 Å². The lowest BCUT2D eigenvalue weighted by molar-refractivity contribution is 0.607. The average molecular weight is 231 g/mol. The quantitative estimate of drug-likeness (QED) is 0.692. The predicted molar refractivity (Wildman–Crippen MR) is 56.5 cm³/mol. The second-order valence-corrected chi connectivity index (χ2v) is 5.19. The van der Waals surface area contributed by atoms with Crippen LogP contribution in [0.3, 0.4) is 0 Å². The fraction of sp³-hybridized carbons (Fsp3) is 0.286. The molecular weight excluding hydrogens is 222 g/mol. The monoisotopic (exact) mass is 231 g/mol. The first kappa shape index (κ1) is 11.0. The van der Waals surface area contributed by atoms with Gasteiger partial charge >= 0.3 is 0 Å². The molecule has 0 fully saturated rings. The molecule has 0 radical (unpaired) electrons. The van der Waals surface area contributed by atoms with Crippen LogP contribution in [0.25, 0.3) is 0 Å². The van der Waals surface area contributed by atoms with Gasteiger partial charge in [-0.15, -0.1) is 0 Å². The van der Waals surface area contributed by atoms with Gasteiger partial charge in [0.1, 0.15) is 0 Å². The Balaban J connectivity index is 2.79. The van der Waals surface area contributed by atoms with Gasteiger partial charge < -0.3 is 5.73 Å². The summed E-state index contributed by atoms with van der Waals surface area (Å²) in [6.45, 7) is 0.271. The Hall–Kier alpha value is -1.10. The van der Waals surface area contributed by atoms with Crippen molar-refractivity contribution in [2.45, 2.75) is 0 Å². The summed E-state index contributed by atoms with van der Waals surface area (Å²) in [5.41, 5.74) is 5.18. The molecule has 76 valence electrons. The van der Waals surface area contributed by atoms with E-state index in [2.05, 4.69) is 21.5 Å². The van der Waals surface area contributed by atoms with Crippen molar-refractivity contribution >= 4 is 26.5 Å². The highest BCUT2D eigenvalue weighted by atomic mass is 32.2. The van der Waals surface area contributed by atoms with E-state index >= 15 is 0 Å². The van der Waals surface area contributed by atoms with Gasteiger partial charge in [0.05, 0.1) is 23.9 Å². The topological polar surface area (TPSA) is 85.1 Å². The van der Waals surface area contributed by atoms with E-state index in [9.17, 15) is 8.42 Å². The predicted octanol–water partition coefficient (Wildman–Crippen LogP) is -0.175. The number of nitrogens with zero attached hydrogens (tertiary/aromatic N) is 1. The number of nitrogens with two attached hydrogens (primary N) is 1. The lowest BCUT2D eigenvalue weighted by atomic mass is 10.5. The van der Waals surface area contributed by atoms with Crippen LogP contribution >= 0.6 is 11.3 Å². The second-order valence-electron chi connectivity index (χ2n) is 2.41. The highest BCUT2D eigenvalue weighted by Crippen LogP contribution is 2.17. The summed E-state index contributed by atoms with van der Waals surface area (Å²) in [4.78, 5) is 4.52. The minimum Gasteiger partial charge on any atom is -0.320 e. The van der Waals surface area contributed by atoms with Crippen molar-refractivity contribution in [2.24, 2.45) is 5.73 Å². The molecule has 0 aliphatic heterocycles. The number of rotatable bonds is 2. The SMILES string of the molecule is CS(=O)(=O)Nc1ncc(C#CCN)s1. The molecule has 0 spiro atoms. The highest BCUT2D eigenvalue weighted by Gasteiger charge is 2.05. The molecule has 0 aromatic carbocycles. The van der Waals surface area contributed by atoms with Crippen molar-refractivity contribution in [3.8, 4) is 11.8 Å². The van der Waals surface area contributed by atoms with Crippen molar-refractivity contribution in [2.75, 3.05) is 17.5 Å². The van der Waals surface area contributed by atoms with E-state index in [4.69, 9.17) is 5.73 Å². The van der Waals surface area contributed by atoms with Gasteiger partial charge in [-0.05, 0) is 0 Å². The van der Waals surface area contributed by atoms with E-state index in [1.54, 1.807) is 0 Å². The van der Waals surface area contributed by atoms with Crippen molar-refractivity contribution in [1.29, 1.82) is 0 Å². The Kier molecular flexibility index (Phi) is 3.46. The van der Waals surface area contributed by atoms with Gasteiger partial charge in [0.25, 0.3) is 0 Å². The first-order valence-corrected chi connectivity index (χ1v) is 6.34.